The molecule has 0 spiro atoms. The third kappa shape index (κ3) is 4.55. The third-order valence-corrected chi connectivity index (χ3v) is 4.62. The van der Waals surface area contributed by atoms with Crippen LogP contribution in [0, 0.1) is 0 Å². The van der Waals surface area contributed by atoms with Gasteiger partial charge in [0, 0.05) is 33.8 Å². The molecule has 2 nitrogen and oxygen atoms in total. The summed E-state index contributed by atoms with van der Waals surface area (Å²) in [5.41, 5.74) is 5.46. The van der Waals surface area contributed by atoms with Crippen LogP contribution < -0.4 is 11.1 Å². The van der Waals surface area contributed by atoms with Crippen LogP contribution in [0.5, 0.6) is 0 Å². The molecule has 0 amide bonds. The molecule has 0 aromatic carbocycles. The van der Waals surface area contributed by atoms with Gasteiger partial charge in [0.1, 0.15) is 0 Å². The molecule has 0 radical (unpaired) electrons. The predicted molar refractivity (Wildman–Crippen MR) is 71.6 cm³/mol. The average Bonchev–Trinajstić information content (AvgIpc) is 2.67. The van der Waals surface area contributed by atoms with E-state index in [9.17, 15) is 0 Å². The molecule has 0 fully saturated rings. The van der Waals surface area contributed by atoms with Gasteiger partial charge in [0.2, 0.25) is 0 Å². The standard InChI is InChI=1S/C11H20N2S2/c1-3-13-9(2)11-5-4-10(15-11)8-14-7-6-12/h4-5,9,13H,3,6-8,12H2,1-2H3. The number of hydrogen-bond donors (Lipinski definition) is 2. The summed E-state index contributed by atoms with van der Waals surface area (Å²) in [6.45, 7) is 6.15. The van der Waals surface area contributed by atoms with Crippen molar-refractivity contribution < 1.29 is 0 Å². The first-order valence-corrected chi connectivity index (χ1v) is 7.34. The summed E-state index contributed by atoms with van der Waals surface area (Å²) in [5, 5.41) is 3.43. The van der Waals surface area contributed by atoms with Crippen LogP contribution in [0.1, 0.15) is 29.6 Å². The zero-order valence-electron chi connectivity index (χ0n) is 9.45. The van der Waals surface area contributed by atoms with Crippen LogP contribution in [0.4, 0.5) is 0 Å². The summed E-state index contributed by atoms with van der Waals surface area (Å²) in [5.74, 6) is 2.15. The van der Waals surface area contributed by atoms with Crippen LogP contribution in [-0.2, 0) is 5.75 Å². The average molecular weight is 244 g/mol. The molecule has 1 unspecified atom stereocenters. The lowest BCUT2D eigenvalue weighted by Gasteiger charge is -2.08. The maximum Gasteiger partial charge on any atom is 0.0386 e. The lowest BCUT2D eigenvalue weighted by atomic mass is 10.3. The lowest BCUT2D eigenvalue weighted by Crippen LogP contribution is -2.16. The molecule has 15 heavy (non-hydrogen) atoms. The van der Waals surface area contributed by atoms with Crippen molar-refractivity contribution in [3.8, 4) is 0 Å². The second kappa shape index (κ2) is 7.28. The molecule has 1 aromatic rings. The smallest absolute Gasteiger partial charge is 0.0386 e. The summed E-state index contributed by atoms with van der Waals surface area (Å²) >= 11 is 3.82. The zero-order valence-corrected chi connectivity index (χ0v) is 11.1. The largest absolute Gasteiger partial charge is 0.330 e. The normalized spacial score (nSPS) is 13.0. The van der Waals surface area contributed by atoms with Crippen molar-refractivity contribution in [3.05, 3.63) is 21.9 Å². The molecule has 0 aliphatic carbocycles. The van der Waals surface area contributed by atoms with Crippen molar-refractivity contribution in [2.75, 3.05) is 18.8 Å². The van der Waals surface area contributed by atoms with Crippen molar-refractivity contribution in [1.29, 1.82) is 0 Å². The quantitative estimate of drug-likeness (QED) is 0.724. The van der Waals surface area contributed by atoms with Gasteiger partial charge in [-0.05, 0) is 25.6 Å². The lowest BCUT2D eigenvalue weighted by molar-refractivity contribution is 0.607. The van der Waals surface area contributed by atoms with Crippen LogP contribution in [0.15, 0.2) is 12.1 Å². The Kier molecular flexibility index (Phi) is 6.32. The van der Waals surface area contributed by atoms with E-state index in [0.29, 0.717) is 6.04 Å². The van der Waals surface area contributed by atoms with Gasteiger partial charge in [0.05, 0.1) is 0 Å². The molecule has 1 aromatic heterocycles. The second-order valence-corrected chi connectivity index (χ2v) is 5.73. The fourth-order valence-electron chi connectivity index (χ4n) is 1.37. The Morgan fingerprint density at radius 2 is 2.33 bits per heavy atom. The van der Waals surface area contributed by atoms with E-state index in [4.69, 9.17) is 5.73 Å². The summed E-state index contributed by atoms with van der Waals surface area (Å²) < 4.78 is 0. The summed E-state index contributed by atoms with van der Waals surface area (Å²) in [4.78, 5) is 2.88. The Hall–Kier alpha value is -0.0300. The van der Waals surface area contributed by atoms with Crippen molar-refractivity contribution in [1.82, 2.24) is 5.32 Å². The maximum atomic E-state index is 5.46. The molecule has 0 bridgehead atoms. The Balaban J connectivity index is 2.41. The second-order valence-electron chi connectivity index (χ2n) is 3.42. The number of nitrogens with two attached hydrogens (primary N) is 1. The van der Waals surface area contributed by atoms with E-state index in [1.165, 1.54) is 9.75 Å². The van der Waals surface area contributed by atoms with Crippen LogP contribution in [0.2, 0.25) is 0 Å². The van der Waals surface area contributed by atoms with Crippen LogP contribution in [-0.4, -0.2) is 18.8 Å². The van der Waals surface area contributed by atoms with Crippen molar-refractivity contribution in [3.63, 3.8) is 0 Å². The minimum Gasteiger partial charge on any atom is -0.330 e. The van der Waals surface area contributed by atoms with Gasteiger partial charge in [-0.2, -0.15) is 11.8 Å². The molecule has 4 heteroatoms. The Morgan fingerprint density at radius 3 is 3.00 bits per heavy atom. The van der Waals surface area contributed by atoms with Gasteiger partial charge >= 0.3 is 0 Å². The highest BCUT2D eigenvalue weighted by Gasteiger charge is 2.06. The van der Waals surface area contributed by atoms with Crippen molar-refractivity contribution in [2.24, 2.45) is 5.73 Å². The first-order chi connectivity index (χ1) is 7.27. The number of nitrogens with one attached hydrogen (secondary N) is 1. The number of thioether (sulfide) groups is 1. The monoisotopic (exact) mass is 244 g/mol. The van der Waals surface area contributed by atoms with E-state index < -0.39 is 0 Å². The van der Waals surface area contributed by atoms with Gasteiger partial charge < -0.3 is 11.1 Å². The van der Waals surface area contributed by atoms with E-state index in [1.54, 1.807) is 0 Å². The van der Waals surface area contributed by atoms with Gasteiger partial charge in [-0.25, -0.2) is 0 Å². The van der Waals surface area contributed by atoms with Crippen LogP contribution in [0.25, 0.3) is 0 Å². The molecule has 0 saturated carbocycles. The molecule has 1 rings (SSSR count). The molecule has 0 aliphatic rings. The summed E-state index contributed by atoms with van der Waals surface area (Å²) in [6, 6.07) is 4.95. The topological polar surface area (TPSA) is 38.0 Å². The maximum absolute atomic E-state index is 5.46. The molecule has 1 heterocycles. The van der Waals surface area contributed by atoms with Crippen LogP contribution in [0.3, 0.4) is 0 Å². The SMILES string of the molecule is CCNC(C)c1ccc(CSCCN)s1. The molecule has 86 valence electrons. The number of thiophene rings is 1. The highest BCUT2D eigenvalue weighted by atomic mass is 32.2. The van der Waals surface area contributed by atoms with Crippen molar-refractivity contribution >= 4 is 23.1 Å². The molecule has 3 N–H and O–H groups in total. The fourth-order valence-corrected chi connectivity index (χ4v) is 3.30. The van der Waals surface area contributed by atoms with E-state index >= 15 is 0 Å². The van der Waals surface area contributed by atoms with Crippen molar-refractivity contribution in [2.45, 2.75) is 25.6 Å². The first-order valence-electron chi connectivity index (χ1n) is 5.37. The summed E-state index contributed by atoms with van der Waals surface area (Å²) in [6.07, 6.45) is 0. The highest BCUT2D eigenvalue weighted by Crippen LogP contribution is 2.25. The minimum atomic E-state index is 0.480. The van der Waals surface area contributed by atoms with E-state index in [1.807, 2.05) is 23.1 Å². The molecule has 0 saturated heterocycles. The zero-order chi connectivity index (χ0) is 11.1. The first kappa shape index (κ1) is 13.0. The van der Waals surface area contributed by atoms with Gasteiger partial charge in [0.25, 0.3) is 0 Å². The van der Waals surface area contributed by atoms with Crippen LogP contribution >= 0.6 is 23.1 Å². The Labute approximate surface area is 101 Å². The highest BCUT2D eigenvalue weighted by molar-refractivity contribution is 7.98. The molecular formula is C11H20N2S2. The Bertz CT molecular complexity index is 273. The predicted octanol–water partition coefficient (Wildman–Crippen LogP) is 2.61. The molecule has 0 aliphatic heterocycles. The summed E-state index contributed by atoms with van der Waals surface area (Å²) in [7, 11) is 0. The minimum absolute atomic E-state index is 0.480. The van der Waals surface area contributed by atoms with Gasteiger partial charge in [-0.3, -0.25) is 0 Å². The molecule has 1 atom stereocenters. The van der Waals surface area contributed by atoms with E-state index in [2.05, 4.69) is 31.3 Å². The van der Waals surface area contributed by atoms with E-state index in [0.717, 1.165) is 24.6 Å². The van der Waals surface area contributed by atoms with Gasteiger partial charge in [-0.1, -0.05) is 6.92 Å². The number of hydrogen-bond acceptors (Lipinski definition) is 4. The van der Waals surface area contributed by atoms with E-state index in [-0.39, 0.29) is 0 Å². The fraction of sp³-hybridized carbons (Fsp3) is 0.636. The van der Waals surface area contributed by atoms with Gasteiger partial charge in [-0.15, -0.1) is 11.3 Å². The van der Waals surface area contributed by atoms with Gasteiger partial charge in [0.15, 0.2) is 0 Å². The number of rotatable bonds is 7. The molecular weight excluding hydrogens is 224 g/mol. The third-order valence-electron chi connectivity index (χ3n) is 2.13. The Morgan fingerprint density at radius 1 is 1.53 bits per heavy atom.